The molecule has 2 N–H and O–H groups in total. The Bertz CT molecular complexity index is 384. The smallest absolute Gasteiger partial charge is 0.293 e. The van der Waals surface area contributed by atoms with Crippen molar-refractivity contribution in [2.45, 2.75) is 13.0 Å². The molecule has 1 unspecified atom stereocenters. The van der Waals surface area contributed by atoms with Crippen LogP contribution in [-0.2, 0) is 0 Å². The molecule has 4 heteroatoms. The third-order valence-electron chi connectivity index (χ3n) is 2.11. The molecule has 0 spiro atoms. The molecule has 0 fully saturated rings. The van der Waals surface area contributed by atoms with E-state index in [0.717, 1.165) is 0 Å². The number of nitrogens with zero attached hydrogens (tertiary/aromatic N) is 1. The van der Waals surface area contributed by atoms with Crippen LogP contribution in [0.15, 0.2) is 35.8 Å². The van der Waals surface area contributed by atoms with Crippen molar-refractivity contribution in [1.29, 1.82) is 0 Å². The van der Waals surface area contributed by atoms with Gasteiger partial charge in [-0.15, -0.1) is 0 Å². The second-order valence-corrected chi connectivity index (χ2v) is 3.27. The molecular formula is C11H16N2O2. The molecule has 1 heterocycles. The van der Waals surface area contributed by atoms with Crippen LogP contribution < -0.4 is 16.0 Å². The Balaban J connectivity index is 3.00. The summed E-state index contributed by atoms with van der Waals surface area (Å²) in [4.78, 5) is 11.8. The average molecular weight is 208 g/mol. The third kappa shape index (κ3) is 2.70. The molecule has 0 bridgehead atoms. The summed E-state index contributed by atoms with van der Waals surface area (Å²) < 4.78 is 6.80. The average Bonchev–Trinajstić information content (AvgIpc) is 2.27. The highest BCUT2D eigenvalue weighted by Crippen LogP contribution is 2.06. The maximum atomic E-state index is 11.8. The first-order chi connectivity index (χ1) is 7.20. The lowest BCUT2D eigenvalue weighted by Crippen LogP contribution is -2.28. The van der Waals surface area contributed by atoms with Gasteiger partial charge in [-0.2, -0.15) is 0 Å². The summed E-state index contributed by atoms with van der Waals surface area (Å²) in [5.41, 5.74) is 5.35. The molecule has 0 aliphatic heterocycles. The molecule has 0 amide bonds. The summed E-state index contributed by atoms with van der Waals surface area (Å²) in [6.07, 6.45) is 3.31. The highest BCUT2D eigenvalue weighted by Gasteiger charge is 2.07. The maximum absolute atomic E-state index is 11.8. The van der Waals surface area contributed by atoms with Gasteiger partial charge < -0.3 is 15.0 Å². The van der Waals surface area contributed by atoms with E-state index in [0.29, 0.717) is 18.9 Å². The zero-order valence-corrected chi connectivity index (χ0v) is 8.85. The lowest BCUT2D eigenvalue weighted by atomic mass is 10.3. The van der Waals surface area contributed by atoms with Crippen LogP contribution in [0.2, 0.25) is 0 Å². The van der Waals surface area contributed by atoms with Crippen LogP contribution in [0.5, 0.6) is 5.75 Å². The van der Waals surface area contributed by atoms with Crippen molar-refractivity contribution in [1.82, 2.24) is 4.57 Å². The predicted molar refractivity (Wildman–Crippen MR) is 60.2 cm³/mol. The van der Waals surface area contributed by atoms with Crippen LogP contribution >= 0.6 is 0 Å². The molecule has 1 aromatic rings. The summed E-state index contributed by atoms with van der Waals surface area (Å²) in [6, 6.07) is 3.39. The molecular weight excluding hydrogens is 192 g/mol. The number of ether oxygens (including phenoxy) is 1. The Kier molecular flexibility index (Phi) is 4.12. The fourth-order valence-corrected chi connectivity index (χ4v) is 1.21. The van der Waals surface area contributed by atoms with Gasteiger partial charge in [0.15, 0.2) is 5.75 Å². The molecule has 1 rings (SSSR count). The molecule has 15 heavy (non-hydrogen) atoms. The zero-order chi connectivity index (χ0) is 11.3. The van der Waals surface area contributed by atoms with Crippen LogP contribution in [0.1, 0.15) is 13.0 Å². The van der Waals surface area contributed by atoms with Gasteiger partial charge in [0.25, 0.3) is 5.56 Å². The minimum absolute atomic E-state index is 0.0234. The van der Waals surface area contributed by atoms with Gasteiger partial charge >= 0.3 is 0 Å². The lowest BCUT2D eigenvalue weighted by molar-refractivity contribution is 0.351. The van der Waals surface area contributed by atoms with Gasteiger partial charge in [-0.25, -0.2) is 0 Å². The number of rotatable bonds is 5. The van der Waals surface area contributed by atoms with Crippen molar-refractivity contribution in [2.24, 2.45) is 5.73 Å². The van der Waals surface area contributed by atoms with Crippen LogP contribution in [0.3, 0.4) is 0 Å². The van der Waals surface area contributed by atoms with Crippen LogP contribution in [0, 0.1) is 0 Å². The van der Waals surface area contributed by atoms with Gasteiger partial charge in [0, 0.05) is 18.8 Å². The number of hydrogen-bond acceptors (Lipinski definition) is 3. The van der Waals surface area contributed by atoms with E-state index in [1.54, 1.807) is 29.0 Å². The molecule has 0 aromatic carbocycles. The fourth-order valence-electron chi connectivity index (χ4n) is 1.21. The first kappa shape index (κ1) is 11.5. The molecule has 1 atom stereocenters. The summed E-state index contributed by atoms with van der Waals surface area (Å²) >= 11 is 0. The highest BCUT2D eigenvalue weighted by molar-refractivity contribution is 5.18. The van der Waals surface area contributed by atoms with E-state index in [1.807, 2.05) is 6.92 Å². The van der Waals surface area contributed by atoms with Crippen LogP contribution in [0.25, 0.3) is 0 Å². The highest BCUT2D eigenvalue weighted by atomic mass is 16.5. The zero-order valence-electron chi connectivity index (χ0n) is 8.85. The second kappa shape index (κ2) is 5.36. The van der Waals surface area contributed by atoms with Crippen molar-refractivity contribution in [3.8, 4) is 5.75 Å². The standard InChI is InChI=1S/C11H16N2O2/c1-3-7-15-10-5-4-6-13(11(10)14)9(2)8-12/h3-6,9H,1,7-8,12H2,2H3. The summed E-state index contributed by atoms with van der Waals surface area (Å²) in [5.74, 6) is 0.331. The Morgan fingerprint density at radius 2 is 2.47 bits per heavy atom. The lowest BCUT2D eigenvalue weighted by Gasteiger charge is -2.13. The van der Waals surface area contributed by atoms with Crippen molar-refractivity contribution in [3.63, 3.8) is 0 Å². The van der Waals surface area contributed by atoms with Gasteiger partial charge in [-0.3, -0.25) is 4.79 Å². The summed E-state index contributed by atoms with van der Waals surface area (Å²) in [7, 11) is 0. The molecule has 0 saturated heterocycles. The molecule has 0 aliphatic carbocycles. The summed E-state index contributed by atoms with van der Waals surface area (Å²) in [5, 5.41) is 0. The second-order valence-electron chi connectivity index (χ2n) is 3.27. The van der Waals surface area contributed by atoms with Gasteiger partial charge in [0.1, 0.15) is 6.61 Å². The van der Waals surface area contributed by atoms with E-state index < -0.39 is 0 Å². The van der Waals surface area contributed by atoms with Gasteiger partial charge in [-0.05, 0) is 19.1 Å². The van der Waals surface area contributed by atoms with E-state index in [2.05, 4.69) is 6.58 Å². The SMILES string of the molecule is C=CCOc1cccn(C(C)CN)c1=O. The Morgan fingerprint density at radius 1 is 1.73 bits per heavy atom. The van der Waals surface area contributed by atoms with Crippen LogP contribution in [0.4, 0.5) is 0 Å². The molecule has 0 aliphatic rings. The number of nitrogens with two attached hydrogens (primary N) is 1. The van der Waals surface area contributed by atoms with Gasteiger partial charge in [-0.1, -0.05) is 12.7 Å². The molecule has 4 nitrogen and oxygen atoms in total. The normalized spacial score (nSPS) is 12.1. The predicted octanol–water partition coefficient (Wildman–Crippen LogP) is 0.933. The number of hydrogen-bond donors (Lipinski definition) is 1. The molecule has 1 aromatic heterocycles. The molecule has 82 valence electrons. The maximum Gasteiger partial charge on any atom is 0.293 e. The minimum atomic E-state index is -0.155. The van der Waals surface area contributed by atoms with Crippen molar-refractivity contribution >= 4 is 0 Å². The number of aromatic nitrogens is 1. The molecule has 0 radical (unpaired) electrons. The minimum Gasteiger partial charge on any atom is -0.484 e. The largest absolute Gasteiger partial charge is 0.484 e. The van der Waals surface area contributed by atoms with E-state index >= 15 is 0 Å². The van der Waals surface area contributed by atoms with Gasteiger partial charge in [0.2, 0.25) is 0 Å². The van der Waals surface area contributed by atoms with E-state index in [1.165, 1.54) is 0 Å². The van der Waals surface area contributed by atoms with E-state index in [9.17, 15) is 4.79 Å². The quantitative estimate of drug-likeness (QED) is 0.732. The third-order valence-corrected chi connectivity index (χ3v) is 2.11. The van der Waals surface area contributed by atoms with Crippen molar-refractivity contribution < 1.29 is 4.74 Å². The van der Waals surface area contributed by atoms with E-state index in [-0.39, 0.29) is 11.6 Å². The van der Waals surface area contributed by atoms with Gasteiger partial charge in [0.05, 0.1) is 0 Å². The van der Waals surface area contributed by atoms with Crippen molar-refractivity contribution in [3.05, 3.63) is 41.3 Å². The topological polar surface area (TPSA) is 57.2 Å². The Labute approximate surface area is 89.0 Å². The number of pyridine rings is 1. The monoisotopic (exact) mass is 208 g/mol. The molecule has 0 saturated carbocycles. The van der Waals surface area contributed by atoms with Crippen LogP contribution in [-0.4, -0.2) is 17.7 Å². The Morgan fingerprint density at radius 3 is 3.07 bits per heavy atom. The summed E-state index contributed by atoms with van der Waals surface area (Å²) in [6.45, 7) is 6.16. The first-order valence-corrected chi connectivity index (χ1v) is 4.85. The Hall–Kier alpha value is -1.55. The van der Waals surface area contributed by atoms with E-state index in [4.69, 9.17) is 10.5 Å². The van der Waals surface area contributed by atoms with Crippen molar-refractivity contribution in [2.75, 3.05) is 13.2 Å². The first-order valence-electron chi connectivity index (χ1n) is 4.85. The fraction of sp³-hybridized carbons (Fsp3) is 0.364.